The third-order valence-electron chi connectivity index (χ3n) is 2.89. The molecule has 1 aromatic heterocycles. The number of hydrogen-bond acceptors (Lipinski definition) is 3. The van der Waals surface area contributed by atoms with Crippen molar-refractivity contribution in [2.24, 2.45) is 0 Å². The quantitative estimate of drug-likeness (QED) is 0.923. The van der Waals surface area contributed by atoms with Gasteiger partial charge in [0.05, 0.1) is 11.6 Å². The smallest absolute Gasteiger partial charge is 0.150 e. The van der Waals surface area contributed by atoms with Crippen LogP contribution in [0.25, 0.3) is 5.69 Å². The van der Waals surface area contributed by atoms with Crippen LogP contribution in [0.15, 0.2) is 24.5 Å². The van der Waals surface area contributed by atoms with E-state index in [1.165, 1.54) is 29.9 Å². The van der Waals surface area contributed by atoms with Crippen molar-refractivity contribution in [1.29, 1.82) is 0 Å². The van der Waals surface area contributed by atoms with E-state index < -0.39 is 5.82 Å². The Bertz CT molecular complexity index is 545. The summed E-state index contributed by atoms with van der Waals surface area (Å²) in [5.74, 6) is 0.259. The first-order valence-corrected chi connectivity index (χ1v) is 6.20. The van der Waals surface area contributed by atoms with E-state index in [0.29, 0.717) is 23.4 Å². The van der Waals surface area contributed by atoms with E-state index >= 15 is 0 Å². The molecule has 6 heteroatoms. The summed E-state index contributed by atoms with van der Waals surface area (Å²) in [7, 11) is 0. The van der Waals surface area contributed by atoms with Crippen LogP contribution in [-0.2, 0) is 6.54 Å². The number of para-hydroxylation sites is 1. The summed E-state index contributed by atoms with van der Waals surface area (Å²) >= 11 is 6.02. The molecule has 0 atom stereocenters. The standard InChI is InChI=1S/C12H12ClFN4/c13-9-2-1-3-10(14)12(9)18-11(16-7-17-18)6-15-8-4-5-8/h1-3,7-8,15H,4-6H2. The van der Waals surface area contributed by atoms with Crippen molar-refractivity contribution >= 4 is 11.6 Å². The lowest BCUT2D eigenvalue weighted by atomic mass is 10.3. The van der Waals surface area contributed by atoms with Gasteiger partial charge in [-0.25, -0.2) is 14.1 Å². The molecule has 18 heavy (non-hydrogen) atoms. The Labute approximate surface area is 109 Å². The van der Waals surface area contributed by atoms with Crippen LogP contribution in [-0.4, -0.2) is 20.8 Å². The highest BCUT2D eigenvalue weighted by atomic mass is 35.5. The molecule has 1 aromatic carbocycles. The summed E-state index contributed by atoms with van der Waals surface area (Å²) in [6.07, 6.45) is 3.79. The SMILES string of the molecule is Fc1cccc(Cl)c1-n1ncnc1CNC1CC1. The highest BCUT2D eigenvalue weighted by Crippen LogP contribution is 2.24. The summed E-state index contributed by atoms with van der Waals surface area (Å²) in [4.78, 5) is 4.14. The van der Waals surface area contributed by atoms with E-state index in [-0.39, 0.29) is 5.69 Å². The second-order valence-electron chi connectivity index (χ2n) is 4.31. The van der Waals surface area contributed by atoms with E-state index in [0.717, 1.165) is 0 Å². The van der Waals surface area contributed by atoms with Gasteiger partial charge in [0.25, 0.3) is 0 Å². The zero-order chi connectivity index (χ0) is 12.5. The normalized spacial score (nSPS) is 15.0. The highest BCUT2D eigenvalue weighted by Gasteiger charge is 2.22. The Morgan fingerprint density at radius 1 is 1.44 bits per heavy atom. The minimum atomic E-state index is -0.402. The fourth-order valence-electron chi connectivity index (χ4n) is 1.79. The van der Waals surface area contributed by atoms with Gasteiger partial charge in [0.2, 0.25) is 0 Å². The van der Waals surface area contributed by atoms with Crippen LogP contribution in [0.4, 0.5) is 4.39 Å². The van der Waals surface area contributed by atoms with Crippen molar-refractivity contribution < 1.29 is 4.39 Å². The van der Waals surface area contributed by atoms with Gasteiger partial charge >= 0.3 is 0 Å². The van der Waals surface area contributed by atoms with Gasteiger partial charge in [0, 0.05) is 6.04 Å². The molecular weight excluding hydrogens is 255 g/mol. The van der Waals surface area contributed by atoms with Gasteiger partial charge in [0.1, 0.15) is 23.7 Å². The van der Waals surface area contributed by atoms with E-state index in [9.17, 15) is 4.39 Å². The van der Waals surface area contributed by atoms with Crippen molar-refractivity contribution in [1.82, 2.24) is 20.1 Å². The molecule has 3 rings (SSSR count). The van der Waals surface area contributed by atoms with Crippen LogP contribution in [0, 0.1) is 5.82 Å². The predicted molar refractivity (Wildman–Crippen MR) is 66.2 cm³/mol. The lowest BCUT2D eigenvalue weighted by molar-refractivity contribution is 0.593. The molecule has 1 saturated carbocycles. The first-order valence-electron chi connectivity index (χ1n) is 5.82. The Hall–Kier alpha value is -1.46. The van der Waals surface area contributed by atoms with E-state index in [1.54, 1.807) is 12.1 Å². The lowest BCUT2D eigenvalue weighted by Crippen LogP contribution is -2.19. The van der Waals surface area contributed by atoms with Crippen molar-refractivity contribution in [3.63, 3.8) is 0 Å². The third kappa shape index (κ3) is 2.23. The molecule has 0 aliphatic heterocycles. The zero-order valence-electron chi connectivity index (χ0n) is 9.61. The predicted octanol–water partition coefficient (Wildman–Crippen LogP) is 2.31. The first kappa shape index (κ1) is 11.6. The number of halogens is 2. The molecular formula is C12H12ClFN4. The maximum Gasteiger partial charge on any atom is 0.150 e. The molecule has 2 aromatic rings. The van der Waals surface area contributed by atoms with Gasteiger partial charge in [-0.05, 0) is 25.0 Å². The van der Waals surface area contributed by atoms with Crippen molar-refractivity contribution in [2.75, 3.05) is 0 Å². The summed E-state index contributed by atoms with van der Waals surface area (Å²) < 4.78 is 15.3. The van der Waals surface area contributed by atoms with E-state index in [2.05, 4.69) is 15.4 Å². The summed E-state index contributed by atoms with van der Waals surface area (Å²) in [6.45, 7) is 0.565. The van der Waals surface area contributed by atoms with Crippen LogP contribution in [0.5, 0.6) is 0 Å². The average molecular weight is 267 g/mol. The van der Waals surface area contributed by atoms with Crippen LogP contribution in [0.3, 0.4) is 0 Å². The lowest BCUT2D eigenvalue weighted by Gasteiger charge is -2.09. The second kappa shape index (κ2) is 4.66. The van der Waals surface area contributed by atoms with Crippen LogP contribution < -0.4 is 5.32 Å². The van der Waals surface area contributed by atoms with E-state index in [1.807, 2.05) is 0 Å². The molecule has 1 aliphatic carbocycles. The molecule has 0 bridgehead atoms. The molecule has 0 amide bonds. The van der Waals surface area contributed by atoms with Gasteiger partial charge in [-0.2, -0.15) is 5.10 Å². The Kier molecular flexibility index (Phi) is 3.01. The van der Waals surface area contributed by atoms with Crippen LogP contribution in [0.1, 0.15) is 18.7 Å². The highest BCUT2D eigenvalue weighted by molar-refractivity contribution is 6.32. The Morgan fingerprint density at radius 2 is 2.28 bits per heavy atom. The maximum atomic E-state index is 13.8. The van der Waals surface area contributed by atoms with Crippen molar-refractivity contribution in [2.45, 2.75) is 25.4 Å². The van der Waals surface area contributed by atoms with Crippen LogP contribution >= 0.6 is 11.6 Å². The van der Waals surface area contributed by atoms with Gasteiger partial charge in [-0.15, -0.1) is 0 Å². The minimum absolute atomic E-state index is 0.254. The fraction of sp³-hybridized carbons (Fsp3) is 0.333. The second-order valence-corrected chi connectivity index (χ2v) is 4.72. The molecule has 94 valence electrons. The number of benzene rings is 1. The Balaban J connectivity index is 1.93. The third-order valence-corrected chi connectivity index (χ3v) is 3.20. The molecule has 1 fully saturated rings. The van der Waals surface area contributed by atoms with Gasteiger partial charge in [0.15, 0.2) is 0 Å². The van der Waals surface area contributed by atoms with Gasteiger partial charge in [-0.3, -0.25) is 0 Å². The molecule has 0 saturated heterocycles. The average Bonchev–Trinajstić information content (AvgIpc) is 3.06. The number of rotatable bonds is 4. The molecule has 1 N–H and O–H groups in total. The Morgan fingerprint density at radius 3 is 3.00 bits per heavy atom. The topological polar surface area (TPSA) is 42.7 Å². The fourth-order valence-corrected chi connectivity index (χ4v) is 2.03. The van der Waals surface area contributed by atoms with Crippen molar-refractivity contribution in [3.8, 4) is 5.69 Å². The molecule has 0 radical (unpaired) electrons. The summed E-state index contributed by atoms with van der Waals surface area (Å²) in [5.41, 5.74) is 0.254. The number of nitrogens with one attached hydrogen (secondary N) is 1. The maximum absolute atomic E-state index is 13.8. The molecule has 0 unspecified atom stereocenters. The van der Waals surface area contributed by atoms with Gasteiger partial charge < -0.3 is 5.32 Å². The minimum Gasteiger partial charge on any atom is -0.307 e. The van der Waals surface area contributed by atoms with Crippen molar-refractivity contribution in [3.05, 3.63) is 41.2 Å². The van der Waals surface area contributed by atoms with E-state index in [4.69, 9.17) is 11.6 Å². The number of aromatic nitrogens is 3. The molecule has 1 heterocycles. The molecule has 1 aliphatic rings. The molecule has 0 spiro atoms. The summed E-state index contributed by atoms with van der Waals surface area (Å²) in [5, 5.41) is 7.69. The molecule has 4 nitrogen and oxygen atoms in total. The monoisotopic (exact) mass is 266 g/mol. The summed E-state index contributed by atoms with van der Waals surface area (Å²) in [6, 6.07) is 5.13. The number of hydrogen-bond donors (Lipinski definition) is 1. The number of nitrogens with zero attached hydrogens (tertiary/aromatic N) is 3. The first-order chi connectivity index (χ1) is 8.75. The zero-order valence-corrected chi connectivity index (χ0v) is 10.4. The largest absolute Gasteiger partial charge is 0.307 e. The van der Waals surface area contributed by atoms with Crippen LogP contribution in [0.2, 0.25) is 5.02 Å². The van der Waals surface area contributed by atoms with Gasteiger partial charge in [-0.1, -0.05) is 17.7 Å².